The number of piperidine rings is 1. The molecule has 2 atom stereocenters. The highest BCUT2D eigenvalue weighted by molar-refractivity contribution is 5.76. The van der Waals surface area contributed by atoms with Gasteiger partial charge in [-0.15, -0.1) is 0 Å². The predicted octanol–water partition coefficient (Wildman–Crippen LogP) is 1.77. The molecule has 1 saturated heterocycles. The number of para-hydroxylation sites is 1. The topological polar surface area (TPSA) is 50.4 Å². The van der Waals surface area contributed by atoms with Crippen molar-refractivity contribution < 1.29 is 9.53 Å². The number of fused-ring (bicyclic) bond motifs is 1. The maximum absolute atomic E-state index is 11.2. The van der Waals surface area contributed by atoms with Crippen molar-refractivity contribution in [2.75, 3.05) is 13.2 Å². The molecule has 3 rings (SSSR count). The largest absolute Gasteiger partial charge is 0.493 e. The minimum atomic E-state index is 0.169. The van der Waals surface area contributed by atoms with E-state index in [4.69, 9.17) is 4.74 Å². The molecule has 0 aliphatic carbocycles. The Bertz CT molecular complexity index is 451. The Morgan fingerprint density at radius 3 is 3.00 bits per heavy atom. The Morgan fingerprint density at radius 1 is 1.26 bits per heavy atom. The average molecular weight is 260 g/mol. The van der Waals surface area contributed by atoms with Crippen molar-refractivity contribution in [3.05, 3.63) is 29.8 Å². The second-order valence-electron chi connectivity index (χ2n) is 5.29. The van der Waals surface area contributed by atoms with Crippen molar-refractivity contribution >= 4 is 5.91 Å². The average Bonchev–Trinajstić information content (AvgIpc) is 2.64. The first-order valence-corrected chi connectivity index (χ1v) is 7.07. The normalized spacial score (nSPS) is 26.8. The summed E-state index contributed by atoms with van der Waals surface area (Å²) in [5.74, 6) is 1.17. The molecule has 4 heteroatoms. The van der Waals surface area contributed by atoms with Crippen LogP contribution in [0.3, 0.4) is 0 Å². The number of rotatable bonds is 2. The summed E-state index contributed by atoms with van der Waals surface area (Å²) in [6, 6.07) is 8.96. The van der Waals surface area contributed by atoms with Crippen LogP contribution in [0.15, 0.2) is 24.3 Å². The van der Waals surface area contributed by atoms with Crippen LogP contribution in [0, 0.1) is 0 Å². The third-order valence-electron chi connectivity index (χ3n) is 3.89. The Kier molecular flexibility index (Phi) is 3.69. The number of hydrogen-bond donors (Lipinski definition) is 2. The van der Waals surface area contributed by atoms with Crippen LogP contribution in [0.5, 0.6) is 5.75 Å². The van der Waals surface area contributed by atoms with Gasteiger partial charge in [-0.05, 0) is 25.3 Å². The Labute approximate surface area is 113 Å². The maximum atomic E-state index is 11.2. The fraction of sp³-hybridized carbons (Fsp3) is 0.533. The molecule has 1 fully saturated rings. The molecular formula is C15H20N2O2. The predicted molar refractivity (Wildman–Crippen MR) is 73.1 cm³/mol. The Hall–Kier alpha value is -1.55. The van der Waals surface area contributed by atoms with E-state index in [0.29, 0.717) is 18.5 Å². The van der Waals surface area contributed by atoms with E-state index in [1.165, 1.54) is 5.56 Å². The molecule has 0 bridgehead atoms. The van der Waals surface area contributed by atoms with Gasteiger partial charge in [0.25, 0.3) is 0 Å². The van der Waals surface area contributed by atoms with E-state index in [1.54, 1.807) is 0 Å². The van der Waals surface area contributed by atoms with E-state index in [-0.39, 0.29) is 5.91 Å². The van der Waals surface area contributed by atoms with Crippen LogP contribution in [-0.4, -0.2) is 25.1 Å². The fourth-order valence-electron chi connectivity index (χ4n) is 2.86. The fourth-order valence-corrected chi connectivity index (χ4v) is 2.86. The summed E-state index contributed by atoms with van der Waals surface area (Å²) in [7, 11) is 0. The van der Waals surface area contributed by atoms with Crippen molar-refractivity contribution in [3.63, 3.8) is 0 Å². The smallest absolute Gasteiger partial charge is 0.220 e. The van der Waals surface area contributed by atoms with E-state index in [2.05, 4.69) is 22.8 Å². The van der Waals surface area contributed by atoms with Crippen LogP contribution >= 0.6 is 0 Å². The van der Waals surface area contributed by atoms with Crippen LogP contribution in [0.2, 0.25) is 0 Å². The molecule has 19 heavy (non-hydrogen) atoms. The highest BCUT2D eigenvalue weighted by Crippen LogP contribution is 2.31. The van der Waals surface area contributed by atoms with E-state index >= 15 is 0 Å². The van der Waals surface area contributed by atoms with E-state index < -0.39 is 0 Å². The van der Waals surface area contributed by atoms with Crippen LogP contribution in [-0.2, 0) is 4.79 Å². The molecule has 0 saturated carbocycles. The number of benzene rings is 1. The van der Waals surface area contributed by atoms with Gasteiger partial charge >= 0.3 is 0 Å². The van der Waals surface area contributed by atoms with Gasteiger partial charge in [0.05, 0.1) is 6.61 Å². The number of amides is 1. The summed E-state index contributed by atoms with van der Waals surface area (Å²) >= 11 is 0. The Balaban J connectivity index is 1.72. The van der Waals surface area contributed by atoms with Gasteiger partial charge in [0, 0.05) is 30.6 Å². The number of carbonyl (C=O) groups is 1. The summed E-state index contributed by atoms with van der Waals surface area (Å²) in [5.41, 5.74) is 1.25. The second-order valence-corrected chi connectivity index (χ2v) is 5.29. The van der Waals surface area contributed by atoms with Crippen LogP contribution in [0.1, 0.15) is 37.3 Å². The molecule has 1 amide bonds. The molecule has 2 heterocycles. The zero-order valence-electron chi connectivity index (χ0n) is 11.0. The molecule has 2 aliphatic heterocycles. The highest BCUT2D eigenvalue weighted by atomic mass is 16.5. The van der Waals surface area contributed by atoms with Gasteiger partial charge in [0.15, 0.2) is 0 Å². The zero-order chi connectivity index (χ0) is 13.1. The number of ether oxygens (including phenoxy) is 1. The van der Waals surface area contributed by atoms with Gasteiger partial charge in [-0.3, -0.25) is 4.79 Å². The standard InChI is InChI=1S/C15H20N2O2/c18-15-8-7-11(10-16-15)17-13-5-3-9-19-14-6-2-1-4-12(13)14/h1-2,4,6,11,13,17H,3,5,7-10H2,(H,16,18)/t11-,13-/m0/s1. The first-order valence-electron chi connectivity index (χ1n) is 7.07. The lowest BCUT2D eigenvalue weighted by molar-refractivity contribution is -0.122. The number of carbonyl (C=O) groups excluding carboxylic acids is 1. The molecule has 2 aliphatic rings. The van der Waals surface area contributed by atoms with Crippen molar-refractivity contribution in [3.8, 4) is 5.75 Å². The minimum Gasteiger partial charge on any atom is -0.493 e. The summed E-state index contributed by atoms with van der Waals surface area (Å²) in [6.07, 6.45) is 3.70. The van der Waals surface area contributed by atoms with E-state index in [1.807, 2.05) is 12.1 Å². The van der Waals surface area contributed by atoms with Gasteiger partial charge in [0.1, 0.15) is 5.75 Å². The van der Waals surface area contributed by atoms with Gasteiger partial charge in [-0.25, -0.2) is 0 Å². The second kappa shape index (κ2) is 5.61. The minimum absolute atomic E-state index is 0.169. The summed E-state index contributed by atoms with van der Waals surface area (Å²) in [4.78, 5) is 11.2. The molecule has 0 radical (unpaired) electrons. The third kappa shape index (κ3) is 2.89. The quantitative estimate of drug-likeness (QED) is 0.852. The molecule has 0 unspecified atom stereocenters. The summed E-state index contributed by atoms with van der Waals surface area (Å²) in [5, 5.41) is 6.61. The van der Waals surface area contributed by atoms with Gasteiger partial charge < -0.3 is 15.4 Å². The SMILES string of the molecule is O=C1CC[C@H](N[C@H]2CCCOc3ccccc32)CN1. The van der Waals surface area contributed by atoms with Gasteiger partial charge in [-0.1, -0.05) is 18.2 Å². The lowest BCUT2D eigenvalue weighted by Crippen LogP contribution is -2.46. The molecule has 0 aromatic heterocycles. The molecule has 0 spiro atoms. The lowest BCUT2D eigenvalue weighted by Gasteiger charge is -2.28. The molecular weight excluding hydrogens is 240 g/mol. The van der Waals surface area contributed by atoms with Gasteiger partial charge in [-0.2, -0.15) is 0 Å². The van der Waals surface area contributed by atoms with Crippen molar-refractivity contribution in [2.24, 2.45) is 0 Å². The first-order chi connectivity index (χ1) is 9.33. The molecule has 102 valence electrons. The zero-order valence-corrected chi connectivity index (χ0v) is 11.0. The van der Waals surface area contributed by atoms with Crippen molar-refractivity contribution in [2.45, 2.75) is 37.8 Å². The molecule has 1 aromatic carbocycles. The molecule has 1 aromatic rings. The summed E-state index contributed by atoms with van der Waals surface area (Å²) in [6.45, 7) is 1.52. The third-order valence-corrected chi connectivity index (χ3v) is 3.89. The van der Waals surface area contributed by atoms with Crippen LogP contribution < -0.4 is 15.4 Å². The van der Waals surface area contributed by atoms with Crippen molar-refractivity contribution in [1.29, 1.82) is 0 Å². The highest BCUT2D eigenvalue weighted by Gasteiger charge is 2.24. The van der Waals surface area contributed by atoms with Crippen LogP contribution in [0.25, 0.3) is 0 Å². The van der Waals surface area contributed by atoms with Crippen molar-refractivity contribution in [1.82, 2.24) is 10.6 Å². The lowest BCUT2D eigenvalue weighted by atomic mass is 9.99. The number of hydrogen-bond acceptors (Lipinski definition) is 3. The van der Waals surface area contributed by atoms with E-state index in [9.17, 15) is 4.79 Å². The number of nitrogens with one attached hydrogen (secondary N) is 2. The first kappa shape index (κ1) is 12.5. The summed E-state index contributed by atoms with van der Waals surface area (Å²) < 4.78 is 5.78. The van der Waals surface area contributed by atoms with Gasteiger partial charge in [0.2, 0.25) is 5.91 Å². The van der Waals surface area contributed by atoms with E-state index in [0.717, 1.165) is 38.2 Å². The maximum Gasteiger partial charge on any atom is 0.220 e. The Morgan fingerprint density at radius 2 is 2.16 bits per heavy atom. The monoisotopic (exact) mass is 260 g/mol. The van der Waals surface area contributed by atoms with Crippen LogP contribution in [0.4, 0.5) is 0 Å². The molecule has 2 N–H and O–H groups in total. The molecule has 4 nitrogen and oxygen atoms in total.